The molecule has 0 aliphatic rings. The Morgan fingerprint density at radius 3 is 3.10 bits per heavy atom. The van der Waals surface area contributed by atoms with Crippen molar-refractivity contribution in [2.45, 2.75) is 0 Å². The lowest BCUT2D eigenvalue weighted by atomic mass is 10.5. The van der Waals surface area contributed by atoms with Gasteiger partial charge in [0.05, 0.1) is 0 Å². The molecule has 0 fully saturated rings. The molecule has 0 spiro atoms. The standard InChI is InChI=1S/C6H5ClFNO/c7-5-2-1-3-9-6(5)10-4-8/h1-3H,4H2. The first-order valence-corrected chi connectivity index (χ1v) is 3.01. The van der Waals surface area contributed by atoms with Crippen LogP contribution in [0.4, 0.5) is 4.39 Å². The van der Waals surface area contributed by atoms with Gasteiger partial charge in [-0.2, -0.15) is 0 Å². The third kappa shape index (κ3) is 1.57. The van der Waals surface area contributed by atoms with Crippen LogP contribution in [0.3, 0.4) is 0 Å². The quantitative estimate of drug-likeness (QED) is 0.662. The largest absolute Gasteiger partial charge is 0.445 e. The van der Waals surface area contributed by atoms with E-state index in [1.807, 2.05) is 0 Å². The van der Waals surface area contributed by atoms with Crippen LogP contribution in [0.25, 0.3) is 0 Å². The molecular formula is C6H5ClFNO. The molecule has 1 rings (SSSR count). The minimum atomic E-state index is -0.906. The third-order valence-corrected chi connectivity index (χ3v) is 1.20. The van der Waals surface area contributed by atoms with E-state index in [-0.39, 0.29) is 5.88 Å². The van der Waals surface area contributed by atoms with Crippen LogP contribution in [-0.2, 0) is 0 Å². The summed E-state index contributed by atoms with van der Waals surface area (Å²) in [6.07, 6.45) is 1.48. The molecule has 0 aromatic carbocycles. The Balaban J connectivity index is 2.81. The summed E-state index contributed by atoms with van der Waals surface area (Å²) in [5.41, 5.74) is 0. The summed E-state index contributed by atoms with van der Waals surface area (Å²) < 4.78 is 16.0. The van der Waals surface area contributed by atoms with Gasteiger partial charge < -0.3 is 4.74 Å². The van der Waals surface area contributed by atoms with Crippen LogP contribution in [-0.4, -0.2) is 11.8 Å². The van der Waals surface area contributed by atoms with Gasteiger partial charge in [-0.3, -0.25) is 0 Å². The number of ether oxygens (including phenoxy) is 1. The fraction of sp³-hybridized carbons (Fsp3) is 0.167. The van der Waals surface area contributed by atoms with Gasteiger partial charge in [0.25, 0.3) is 0 Å². The maximum atomic E-state index is 11.5. The van der Waals surface area contributed by atoms with Crippen LogP contribution >= 0.6 is 11.6 Å². The summed E-state index contributed by atoms with van der Waals surface area (Å²) in [5, 5.41) is 0.320. The van der Waals surface area contributed by atoms with Crippen molar-refractivity contribution in [2.75, 3.05) is 6.86 Å². The zero-order chi connectivity index (χ0) is 7.40. The lowest BCUT2D eigenvalue weighted by Crippen LogP contribution is -1.92. The summed E-state index contributed by atoms with van der Waals surface area (Å²) >= 11 is 5.55. The Bertz CT molecular complexity index is 219. The van der Waals surface area contributed by atoms with E-state index in [4.69, 9.17) is 11.6 Å². The number of pyridine rings is 1. The molecule has 1 aromatic heterocycles. The van der Waals surface area contributed by atoms with E-state index in [2.05, 4.69) is 9.72 Å². The molecule has 54 valence electrons. The van der Waals surface area contributed by atoms with Crippen molar-refractivity contribution in [2.24, 2.45) is 0 Å². The molecular weight excluding hydrogens is 157 g/mol. The predicted octanol–water partition coefficient (Wildman–Crippen LogP) is 2.04. The fourth-order valence-electron chi connectivity index (χ4n) is 0.529. The van der Waals surface area contributed by atoms with Crippen LogP contribution in [0.5, 0.6) is 5.88 Å². The van der Waals surface area contributed by atoms with Gasteiger partial charge in [-0.25, -0.2) is 9.37 Å². The van der Waals surface area contributed by atoms with Gasteiger partial charge in [0.2, 0.25) is 12.7 Å². The van der Waals surface area contributed by atoms with Gasteiger partial charge in [0.1, 0.15) is 5.02 Å². The highest BCUT2D eigenvalue weighted by Crippen LogP contribution is 2.19. The molecule has 1 aromatic rings. The monoisotopic (exact) mass is 161 g/mol. The summed E-state index contributed by atoms with van der Waals surface area (Å²) in [4.78, 5) is 3.67. The maximum Gasteiger partial charge on any atom is 0.234 e. The molecule has 0 aliphatic heterocycles. The Hall–Kier alpha value is -0.830. The zero-order valence-corrected chi connectivity index (χ0v) is 5.81. The van der Waals surface area contributed by atoms with Crippen LogP contribution in [0.1, 0.15) is 0 Å². The lowest BCUT2D eigenvalue weighted by Gasteiger charge is -1.99. The zero-order valence-electron chi connectivity index (χ0n) is 5.05. The second kappa shape index (κ2) is 3.37. The van der Waals surface area contributed by atoms with Crippen molar-refractivity contribution in [3.05, 3.63) is 23.4 Å². The van der Waals surface area contributed by atoms with E-state index < -0.39 is 6.86 Å². The molecule has 0 saturated heterocycles. The summed E-state index contributed by atoms with van der Waals surface area (Å²) in [6, 6.07) is 3.23. The van der Waals surface area contributed by atoms with Crippen LogP contribution < -0.4 is 4.74 Å². The highest BCUT2D eigenvalue weighted by atomic mass is 35.5. The fourth-order valence-corrected chi connectivity index (χ4v) is 0.705. The van der Waals surface area contributed by atoms with Crippen LogP contribution in [0, 0.1) is 0 Å². The summed E-state index contributed by atoms with van der Waals surface area (Å²) in [7, 11) is 0. The number of hydrogen-bond donors (Lipinski definition) is 0. The summed E-state index contributed by atoms with van der Waals surface area (Å²) in [6.45, 7) is -0.906. The van der Waals surface area contributed by atoms with E-state index in [0.29, 0.717) is 5.02 Å². The van der Waals surface area contributed by atoms with E-state index in [9.17, 15) is 4.39 Å². The first-order chi connectivity index (χ1) is 4.84. The van der Waals surface area contributed by atoms with Crippen molar-refractivity contribution >= 4 is 11.6 Å². The van der Waals surface area contributed by atoms with E-state index in [1.165, 1.54) is 6.20 Å². The van der Waals surface area contributed by atoms with Crippen molar-refractivity contribution in [1.29, 1.82) is 0 Å². The minimum absolute atomic E-state index is 0.131. The van der Waals surface area contributed by atoms with Crippen molar-refractivity contribution in [3.63, 3.8) is 0 Å². The predicted molar refractivity (Wildman–Crippen MR) is 35.9 cm³/mol. The molecule has 10 heavy (non-hydrogen) atoms. The molecule has 0 amide bonds. The molecule has 4 heteroatoms. The number of rotatable bonds is 2. The first kappa shape index (κ1) is 7.28. The van der Waals surface area contributed by atoms with Crippen LogP contribution in [0.15, 0.2) is 18.3 Å². The number of hydrogen-bond acceptors (Lipinski definition) is 2. The van der Waals surface area contributed by atoms with Gasteiger partial charge in [-0.05, 0) is 12.1 Å². The average Bonchev–Trinajstić information content (AvgIpc) is 1.94. The minimum Gasteiger partial charge on any atom is -0.445 e. The number of aromatic nitrogens is 1. The first-order valence-electron chi connectivity index (χ1n) is 2.64. The molecule has 0 bridgehead atoms. The smallest absolute Gasteiger partial charge is 0.234 e. The van der Waals surface area contributed by atoms with Gasteiger partial charge in [0.15, 0.2) is 0 Å². The molecule has 2 nitrogen and oxygen atoms in total. The Morgan fingerprint density at radius 1 is 1.70 bits per heavy atom. The molecule has 0 aliphatic carbocycles. The molecule has 1 heterocycles. The van der Waals surface area contributed by atoms with Gasteiger partial charge >= 0.3 is 0 Å². The molecule has 0 unspecified atom stereocenters. The Morgan fingerprint density at radius 2 is 2.50 bits per heavy atom. The lowest BCUT2D eigenvalue weighted by molar-refractivity contribution is 0.185. The Labute approximate surface area is 62.6 Å². The molecule has 0 radical (unpaired) electrons. The Kier molecular flexibility index (Phi) is 2.45. The van der Waals surface area contributed by atoms with E-state index in [0.717, 1.165) is 0 Å². The number of alkyl halides is 1. The summed E-state index contributed by atoms with van der Waals surface area (Å²) in [5.74, 6) is 0.131. The average molecular weight is 162 g/mol. The number of halogens is 2. The molecule has 0 saturated carbocycles. The van der Waals surface area contributed by atoms with Gasteiger partial charge in [-0.1, -0.05) is 11.6 Å². The highest BCUT2D eigenvalue weighted by molar-refractivity contribution is 6.31. The van der Waals surface area contributed by atoms with Crippen LogP contribution in [0.2, 0.25) is 5.02 Å². The topological polar surface area (TPSA) is 22.1 Å². The third-order valence-electron chi connectivity index (χ3n) is 0.916. The van der Waals surface area contributed by atoms with Crippen molar-refractivity contribution in [3.8, 4) is 5.88 Å². The van der Waals surface area contributed by atoms with E-state index >= 15 is 0 Å². The second-order valence-corrected chi connectivity index (χ2v) is 1.95. The van der Waals surface area contributed by atoms with Crippen molar-refractivity contribution < 1.29 is 9.13 Å². The van der Waals surface area contributed by atoms with Gasteiger partial charge in [-0.15, -0.1) is 0 Å². The normalized spacial score (nSPS) is 9.40. The second-order valence-electron chi connectivity index (χ2n) is 1.54. The van der Waals surface area contributed by atoms with Gasteiger partial charge in [0, 0.05) is 6.20 Å². The molecule has 0 N–H and O–H groups in total. The SMILES string of the molecule is FCOc1ncccc1Cl. The van der Waals surface area contributed by atoms with E-state index in [1.54, 1.807) is 12.1 Å². The number of nitrogens with zero attached hydrogens (tertiary/aromatic N) is 1. The maximum absolute atomic E-state index is 11.5. The highest BCUT2D eigenvalue weighted by Gasteiger charge is 1.98. The van der Waals surface area contributed by atoms with Crippen molar-refractivity contribution in [1.82, 2.24) is 4.98 Å². The molecule has 0 atom stereocenters.